The lowest BCUT2D eigenvalue weighted by atomic mass is 10.1. The highest BCUT2D eigenvalue weighted by molar-refractivity contribution is 5.92. The van der Waals surface area contributed by atoms with Gasteiger partial charge >= 0.3 is 0 Å². The number of aryl methyl sites for hydroxylation is 2. The molecule has 2 aromatic carbocycles. The van der Waals surface area contributed by atoms with Crippen molar-refractivity contribution in [1.29, 1.82) is 0 Å². The Morgan fingerprint density at radius 2 is 1.76 bits per heavy atom. The monoisotopic (exact) mass is 442 g/mol. The Hall–Kier alpha value is -4.13. The quantitative estimate of drug-likeness (QED) is 0.448. The van der Waals surface area contributed by atoms with Crippen molar-refractivity contribution in [1.82, 2.24) is 19.7 Å². The minimum atomic E-state index is -0.530. The van der Waals surface area contributed by atoms with Gasteiger partial charge in [0.2, 0.25) is 5.43 Å². The van der Waals surface area contributed by atoms with Gasteiger partial charge in [-0.25, -0.2) is 9.07 Å². The van der Waals surface area contributed by atoms with E-state index in [9.17, 15) is 14.0 Å². The summed E-state index contributed by atoms with van der Waals surface area (Å²) >= 11 is 0. The van der Waals surface area contributed by atoms with E-state index in [0.717, 1.165) is 16.7 Å². The minimum absolute atomic E-state index is 0.168. The second-order valence-electron chi connectivity index (χ2n) is 7.81. The van der Waals surface area contributed by atoms with Crippen molar-refractivity contribution in [3.63, 3.8) is 0 Å². The number of amides is 1. The van der Waals surface area contributed by atoms with Crippen molar-refractivity contribution < 1.29 is 9.18 Å². The number of hydrogen-bond donors (Lipinski definition) is 0. The van der Waals surface area contributed by atoms with Crippen LogP contribution in [0.5, 0.6) is 0 Å². The molecule has 0 fully saturated rings. The molecule has 0 aliphatic rings. The zero-order chi connectivity index (χ0) is 23.4. The van der Waals surface area contributed by atoms with Gasteiger partial charge in [0.05, 0.1) is 0 Å². The van der Waals surface area contributed by atoms with E-state index in [2.05, 4.69) is 10.1 Å². The van der Waals surface area contributed by atoms with E-state index in [1.54, 1.807) is 48.5 Å². The molecule has 166 valence electrons. The maximum atomic E-state index is 14.4. The van der Waals surface area contributed by atoms with Gasteiger partial charge in [0, 0.05) is 37.2 Å². The van der Waals surface area contributed by atoms with Crippen LogP contribution in [-0.2, 0) is 13.1 Å². The van der Waals surface area contributed by atoms with Gasteiger partial charge in [-0.15, -0.1) is 0 Å². The fourth-order valence-corrected chi connectivity index (χ4v) is 3.62. The van der Waals surface area contributed by atoms with E-state index in [0.29, 0.717) is 5.69 Å². The van der Waals surface area contributed by atoms with Gasteiger partial charge in [0.15, 0.2) is 5.69 Å². The molecule has 0 radical (unpaired) electrons. The van der Waals surface area contributed by atoms with Crippen LogP contribution in [0.1, 0.15) is 32.9 Å². The van der Waals surface area contributed by atoms with Crippen LogP contribution in [0, 0.1) is 19.7 Å². The molecule has 0 atom stereocenters. The molecule has 33 heavy (non-hydrogen) atoms. The van der Waals surface area contributed by atoms with E-state index in [-0.39, 0.29) is 24.5 Å². The van der Waals surface area contributed by atoms with E-state index in [4.69, 9.17) is 0 Å². The molecule has 0 aliphatic carbocycles. The molecule has 6 nitrogen and oxygen atoms in total. The van der Waals surface area contributed by atoms with Crippen LogP contribution in [0.2, 0.25) is 0 Å². The molecule has 7 heteroatoms. The van der Waals surface area contributed by atoms with E-state index < -0.39 is 17.2 Å². The highest BCUT2D eigenvalue weighted by atomic mass is 19.1. The summed E-state index contributed by atoms with van der Waals surface area (Å²) in [6, 6.07) is 18.8. The normalized spacial score (nSPS) is 10.8. The molecule has 0 bridgehead atoms. The predicted molar refractivity (Wildman–Crippen MR) is 124 cm³/mol. The predicted octanol–water partition coefficient (Wildman–Crippen LogP) is 4.23. The topological polar surface area (TPSA) is 68.1 Å². The molecule has 0 aliphatic heterocycles. The molecule has 2 aromatic heterocycles. The van der Waals surface area contributed by atoms with Gasteiger partial charge in [0.25, 0.3) is 5.91 Å². The third-order valence-corrected chi connectivity index (χ3v) is 5.40. The van der Waals surface area contributed by atoms with Crippen LogP contribution in [-0.4, -0.2) is 25.6 Å². The summed E-state index contributed by atoms with van der Waals surface area (Å²) in [5.41, 5.74) is 2.63. The van der Waals surface area contributed by atoms with Crippen LogP contribution in [0.15, 0.2) is 83.9 Å². The maximum absolute atomic E-state index is 14.4. The SMILES string of the molecule is Cc1ccccc1CN(Cc1cccnc1)C(=O)c1nn(-c2ccccc2F)c(C)cc1=O. The Morgan fingerprint density at radius 1 is 1.00 bits per heavy atom. The van der Waals surface area contributed by atoms with Gasteiger partial charge in [-0.05, 0) is 48.7 Å². The molecular weight excluding hydrogens is 419 g/mol. The molecule has 4 aromatic rings. The Bertz CT molecular complexity index is 1350. The van der Waals surface area contributed by atoms with Gasteiger partial charge in [-0.3, -0.25) is 14.6 Å². The van der Waals surface area contributed by atoms with Gasteiger partial charge < -0.3 is 4.90 Å². The molecule has 4 rings (SSSR count). The third kappa shape index (κ3) is 4.87. The standard InChI is InChI=1S/C26H23FN4O2/c1-18-8-3-4-10-21(18)17-30(16-20-9-7-13-28-15-20)26(33)25-24(32)14-19(2)31(29-25)23-12-6-5-11-22(23)27/h3-15H,16-17H2,1-2H3. The molecule has 2 heterocycles. The summed E-state index contributed by atoms with van der Waals surface area (Å²) in [7, 11) is 0. The smallest absolute Gasteiger partial charge is 0.279 e. The highest BCUT2D eigenvalue weighted by Gasteiger charge is 2.23. The Kier molecular flexibility index (Phi) is 6.40. The van der Waals surface area contributed by atoms with Crippen LogP contribution >= 0.6 is 0 Å². The molecule has 0 saturated carbocycles. The number of hydrogen-bond acceptors (Lipinski definition) is 4. The number of pyridine rings is 1. The number of aromatic nitrogens is 3. The number of carbonyl (C=O) groups is 1. The van der Waals surface area contributed by atoms with Crippen LogP contribution < -0.4 is 5.43 Å². The Labute approximate surface area is 191 Å². The van der Waals surface area contributed by atoms with Crippen molar-refractivity contribution in [2.45, 2.75) is 26.9 Å². The maximum Gasteiger partial charge on any atom is 0.279 e. The number of halogens is 1. The number of nitrogens with zero attached hydrogens (tertiary/aromatic N) is 4. The molecule has 0 spiro atoms. The first-order chi connectivity index (χ1) is 15.9. The number of para-hydroxylation sites is 1. The first-order valence-electron chi connectivity index (χ1n) is 10.5. The van der Waals surface area contributed by atoms with Crippen LogP contribution in [0.3, 0.4) is 0 Å². The van der Waals surface area contributed by atoms with Crippen molar-refractivity contribution >= 4 is 5.91 Å². The fourth-order valence-electron chi connectivity index (χ4n) is 3.62. The van der Waals surface area contributed by atoms with Crippen LogP contribution in [0.4, 0.5) is 4.39 Å². The summed E-state index contributed by atoms with van der Waals surface area (Å²) in [6.45, 7) is 4.15. The molecule has 0 N–H and O–H groups in total. The summed E-state index contributed by atoms with van der Waals surface area (Å²) in [4.78, 5) is 32.1. The second kappa shape index (κ2) is 9.56. The first-order valence-corrected chi connectivity index (χ1v) is 10.5. The molecule has 0 saturated heterocycles. The molecule has 0 unspecified atom stereocenters. The minimum Gasteiger partial charge on any atom is -0.328 e. The Balaban J connectivity index is 1.77. The summed E-state index contributed by atoms with van der Waals surface area (Å²) in [5, 5.41) is 4.29. The van der Waals surface area contributed by atoms with Crippen molar-refractivity contribution in [3.05, 3.63) is 123 Å². The van der Waals surface area contributed by atoms with Crippen molar-refractivity contribution in [2.24, 2.45) is 0 Å². The first kappa shape index (κ1) is 22.1. The lowest BCUT2D eigenvalue weighted by Crippen LogP contribution is -2.36. The van der Waals surface area contributed by atoms with Gasteiger partial charge in [-0.1, -0.05) is 42.5 Å². The van der Waals surface area contributed by atoms with Crippen LogP contribution in [0.25, 0.3) is 5.69 Å². The van der Waals surface area contributed by atoms with E-state index in [1.165, 1.54) is 16.8 Å². The van der Waals surface area contributed by atoms with Crippen molar-refractivity contribution in [2.75, 3.05) is 0 Å². The summed E-state index contributed by atoms with van der Waals surface area (Å²) in [6.07, 6.45) is 3.34. The summed E-state index contributed by atoms with van der Waals surface area (Å²) < 4.78 is 15.7. The van der Waals surface area contributed by atoms with Gasteiger partial charge in [-0.2, -0.15) is 5.10 Å². The largest absolute Gasteiger partial charge is 0.328 e. The Morgan fingerprint density at radius 3 is 2.48 bits per heavy atom. The average molecular weight is 442 g/mol. The second-order valence-corrected chi connectivity index (χ2v) is 7.81. The number of benzene rings is 2. The fraction of sp³-hybridized carbons (Fsp3) is 0.154. The highest BCUT2D eigenvalue weighted by Crippen LogP contribution is 2.17. The van der Waals surface area contributed by atoms with Gasteiger partial charge in [0.1, 0.15) is 11.5 Å². The third-order valence-electron chi connectivity index (χ3n) is 5.40. The van der Waals surface area contributed by atoms with E-state index >= 15 is 0 Å². The molecule has 1 amide bonds. The summed E-state index contributed by atoms with van der Waals surface area (Å²) in [5.74, 6) is -1.03. The zero-order valence-corrected chi connectivity index (χ0v) is 18.4. The molecular formula is C26H23FN4O2. The average Bonchev–Trinajstić information content (AvgIpc) is 2.81. The van der Waals surface area contributed by atoms with Crippen molar-refractivity contribution in [3.8, 4) is 5.69 Å². The lowest BCUT2D eigenvalue weighted by molar-refractivity contribution is 0.0720. The zero-order valence-electron chi connectivity index (χ0n) is 18.4. The number of carbonyl (C=O) groups excluding carboxylic acids is 1. The number of rotatable bonds is 6. The lowest BCUT2D eigenvalue weighted by Gasteiger charge is -2.24. The van der Waals surface area contributed by atoms with E-state index in [1.807, 2.05) is 37.3 Å².